The number of benzene rings is 3. The highest BCUT2D eigenvalue weighted by Crippen LogP contribution is 2.28. The third-order valence-electron chi connectivity index (χ3n) is 5.15. The van der Waals surface area contributed by atoms with Gasteiger partial charge in [0, 0.05) is 18.1 Å². The van der Waals surface area contributed by atoms with Crippen LogP contribution in [0.15, 0.2) is 84.9 Å². The fraction of sp³-hybridized carbons (Fsp3) is 0.280. The summed E-state index contributed by atoms with van der Waals surface area (Å²) in [6.07, 6.45) is 1.93. The molecule has 0 spiro atoms. The van der Waals surface area contributed by atoms with Gasteiger partial charge in [0.15, 0.2) is 0 Å². The van der Waals surface area contributed by atoms with Crippen molar-refractivity contribution in [2.45, 2.75) is 25.3 Å². The van der Waals surface area contributed by atoms with Crippen molar-refractivity contribution in [3.63, 3.8) is 0 Å². The minimum absolute atomic E-state index is 0.174. The second kappa shape index (κ2) is 11.0. The standard InChI is InChI=1S/C25H28ClNO/c26-25-14-8-7-13-24(25)19-23(22-11-5-2-6-12-22)15-16-27(17-18-28)20-21-9-3-1-4-10-21/h1-14,23,28H,15-20H2/t23-/m0/s1. The average molecular weight is 394 g/mol. The lowest BCUT2D eigenvalue weighted by Crippen LogP contribution is -2.29. The number of rotatable bonds is 10. The number of halogens is 1. The van der Waals surface area contributed by atoms with E-state index in [4.69, 9.17) is 11.6 Å². The van der Waals surface area contributed by atoms with Crippen LogP contribution in [0.1, 0.15) is 29.0 Å². The summed E-state index contributed by atoms with van der Waals surface area (Å²) in [7, 11) is 0. The molecule has 0 fully saturated rings. The molecule has 2 nitrogen and oxygen atoms in total. The lowest BCUT2D eigenvalue weighted by molar-refractivity contribution is 0.185. The first kappa shape index (κ1) is 20.6. The minimum atomic E-state index is 0.174. The van der Waals surface area contributed by atoms with Gasteiger partial charge in [-0.15, -0.1) is 0 Å². The van der Waals surface area contributed by atoms with Crippen LogP contribution in [-0.2, 0) is 13.0 Å². The third-order valence-corrected chi connectivity index (χ3v) is 5.52. The molecule has 3 aromatic carbocycles. The predicted molar refractivity (Wildman–Crippen MR) is 118 cm³/mol. The Kier molecular flexibility index (Phi) is 8.10. The van der Waals surface area contributed by atoms with E-state index in [1.165, 1.54) is 16.7 Å². The van der Waals surface area contributed by atoms with Gasteiger partial charge < -0.3 is 5.11 Å². The van der Waals surface area contributed by atoms with Crippen LogP contribution in [-0.4, -0.2) is 29.7 Å². The van der Waals surface area contributed by atoms with Crippen LogP contribution in [0.5, 0.6) is 0 Å². The van der Waals surface area contributed by atoms with E-state index in [-0.39, 0.29) is 6.61 Å². The first-order chi connectivity index (χ1) is 13.8. The summed E-state index contributed by atoms with van der Waals surface area (Å²) < 4.78 is 0. The molecule has 0 aromatic heterocycles. The summed E-state index contributed by atoms with van der Waals surface area (Å²) in [6.45, 7) is 2.64. The molecule has 0 saturated carbocycles. The maximum Gasteiger partial charge on any atom is 0.0558 e. The molecule has 0 unspecified atom stereocenters. The van der Waals surface area contributed by atoms with Crippen LogP contribution in [0, 0.1) is 0 Å². The van der Waals surface area contributed by atoms with Crippen molar-refractivity contribution in [1.82, 2.24) is 4.90 Å². The van der Waals surface area contributed by atoms with Crippen LogP contribution in [0.25, 0.3) is 0 Å². The van der Waals surface area contributed by atoms with Gasteiger partial charge in [0.2, 0.25) is 0 Å². The van der Waals surface area contributed by atoms with Crippen molar-refractivity contribution in [2.75, 3.05) is 19.7 Å². The summed E-state index contributed by atoms with van der Waals surface area (Å²) in [5, 5.41) is 10.3. The Balaban J connectivity index is 1.71. The molecule has 1 atom stereocenters. The van der Waals surface area contributed by atoms with Crippen LogP contribution < -0.4 is 0 Å². The van der Waals surface area contributed by atoms with Gasteiger partial charge >= 0.3 is 0 Å². The van der Waals surface area contributed by atoms with Crippen LogP contribution in [0.2, 0.25) is 5.02 Å². The van der Waals surface area contributed by atoms with Gasteiger partial charge in [0.1, 0.15) is 0 Å². The van der Waals surface area contributed by atoms with Gasteiger partial charge in [0.05, 0.1) is 6.61 Å². The second-order valence-corrected chi connectivity index (χ2v) is 7.58. The number of aliphatic hydroxyl groups is 1. The molecule has 0 bridgehead atoms. The number of hydrogen-bond donors (Lipinski definition) is 1. The molecule has 1 N–H and O–H groups in total. The lowest BCUT2D eigenvalue weighted by atomic mass is 9.89. The summed E-state index contributed by atoms with van der Waals surface area (Å²) in [5.41, 5.74) is 3.80. The van der Waals surface area contributed by atoms with Gasteiger partial charge in [-0.05, 0) is 48.1 Å². The molecule has 0 saturated heterocycles. The quantitative estimate of drug-likeness (QED) is 0.488. The molecule has 3 heteroatoms. The van der Waals surface area contributed by atoms with Crippen molar-refractivity contribution >= 4 is 11.6 Å². The maximum atomic E-state index is 9.51. The molecule has 3 aromatic rings. The van der Waals surface area contributed by atoms with E-state index in [1.54, 1.807) is 0 Å². The van der Waals surface area contributed by atoms with Crippen molar-refractivity contribution in [2.24, 2.45) is 0 Å². The van der Waals surface area contributed by atoms with Crippen LogP contribution in [0.3, 0.4) is 0 Å². The highest BCUT2D eigenvalue weighted by atomic mass is 35.5. The largest absolute Gasteiger partial charge is 0.395 e. The summed E-state index contributed by atoms with van der Waals surface area (Å²) in [6, 6.07) is 29.2. The smallest absolute Gasteiger partial charge is 0.0558 e. The summed E-state index contributed by atoms with van der Waals surface area (Å²) in [4.78, 5) is 2.33. The van der Waals surface area contributed by atoms with Gasteiger partial charge in [-0.1, -0.05) is 90.5 Å². The predicted octanol–water partition coefficient (Wildman–Crippen LogP) is 5.55. The second-order valence-electron chi connectivity index (χ2n) is 7.18. The lowest BCUT2D eigenvalue weighted by Gasteiger charge is -2.25. The monoisotopic (exact) mass is 393 g/mol. The Labute approximate surface area is 173 Å². The van der Waals surface area contributed by atoms with Gasteiger partial charge in [0.25, 0.3) is 0 Å². The third kappa shape index (κ3) is 6.20. The Hall–Kier alpha value is -2.13. The van der Waals surface area contributed by atoms with Gasteiger partial charge in [-0.2, -0.15) is 0 Å². The fourth-order valence-electron chi connectivity index (χ4n) is 3.63. The molecular weight excluding hydrogens is 366 g/mol. The topological polar surface area (TPSA) is 23.5 Å². The zero-order valence-corrected chi connectivity index (χ0v) is 16.9. The van der Waals surface area contributed by atoms with Crippen LogP contribution >= 0.6 is 11.6 Å². The van der Waals surface area contributed by atoms with Crippen molar-refractivity contribution in [3.8, 4) is 0 Å². The molecule has 0 heterocycles. The van der Waals surface area contributed by atoms with E-state index in [2.05, 4.69) is 71.6 Å². The molecule has 0 radical (unpaired) electrons. The van der Waals surface area contributed by atoms with Gasteiger partial charge in [-0.25, -0.2) is 0 Å². The molecule has 0 aliphatic rings. The van der Waals surface area contributed by atoms with E-state index >= 15 is 0 Å². The van der Waals surface area contributed by atoms with Gasteiger partial charge in [-0.3, -0.25) is 4.90 Å². The highest BCUT2D eigenvalue weighted by Gasteiger charge is 2.16. The molecular formula is C25H28ClNO. The Bertz CT molecular complexity index is 822. The molecule has 28 heavy (non-hydrogen) atoms. The molecule has 0 aliphatic heterocycles. The van der Waals surface area contributed by atoms with E-state index in [9.17, 15) is 5.11 Å². The SMILES string of the molecule is OCCN(CC[C@@H](Cc1ccccc1Cl)c1ccccc1)Cc1ccccc1. The molecule has 0 amide bonds. The Morgan fingerprint density at radius 2 is 1.43 bits per heavy atom. The van der Waals surface area contributed by atoms with E-state index < -0.39 is 0 Å². The summed E-state index contributed by atoms with van der Waals surface area (Å²) >= 11 is 6.43. The zero-order valence-electron chi connectivity index (χ0n) is 16.2. The van der Waals surface area contributed by atoms with E-state index in [1.807, 2.05) is 18.2 Å². The van der Waals surface area contributed by atoms with Crippen LogP contribution in [0.4, 0.5) is 0 Å². The minimum Gasteiger partial charge on any atom is -0.395 e. The van der Waals surface area contributed by atoms with Crippen molar-refractivity contribution in [3.05, 3.63) is 107 Å². The zero-order chi connectivity index (χ0) is 19.6. The van der Waals surface area contributed by atoms with E-state index in [0.29, 0.717) is 12.5 Å². The number of aliphatic hydroxyl groups excluding tert-OH is 1. The molecule has 146 valence electrons. The maximum absolute atomic E-state index is 9.51. The number of nitrogens with zero attached hydrogens (tertiary/aromatic N) is 1. The number of hydrogen-bond acceptors (Lipinski definition) is 2. The first-order valence-corrected chi connectivity index (χ1v) is 10.3. The average Bonchev–Trinajstić information content (AvgIpc) is 2.74. The van der Waals surface area contributed by atoms with E-state index in [0.717, 1.165) is 31.0 Å². The first-order valence-electron chi connectivity index (χ1n) is 9.91. The Morgan fingerprint density at radius 3 is 2.11 bits per heavy atom. The summed E-state index contributed by atoms with van der Waals surface area (Å²) in [5.74, 6) is 0.387. The highest BCUT2D eigenvalue weighted by molar-refractivity contribution is 6.31. The van der Waals surface area contributed by atoms with Crippen molar-refractivity contribution in [1.29, 1.82) is 0 Å². The van der Waals surface area contributed by atoms with Crippen molar-refractivity contribution < 1.29 is 5.11 Å². The molecule has 3 rings (SSSR count). The normalized spacial score (nSPS) is 12.2. The fourth-order valence-corrected chi connectivity index (χ4v) is 3.85. The molecule has 0 aliphatic carbocycles. The Morgan fingerprint density at radius 1 is 0.786 bits per heavy atom.